The number of rotatable bonds is 9. The van der Waals surface area contributed by atoms with Crippen LogP contribution in [0, 0.1) is 0 Å². The number of hydrazone groups is 1. The molecule has 0 bridgehead atoms. The van der Waals surface area contributed by atoms with E-state index in [1.54, 1.807) is 66.7 Å². The molecule has 0 heterocycles. The molecule has 0 spiro atoms. The Bertz CT molecular complexity index is 1130. The normalized spacial score (nSPS) is 10.6. The number of nitrogens with one attached hydrogen (secondary N) is 1. The minimum absolute atomic E-state index is 0.284. The van der Waals surface area contributed by atoms with E-state index in [1.165, 1.54) is 6.21 Å². The van der Waals surface area contributed by atoms with Gasteiger partial charge < -0.3 is 14.2 Å². The Hall–Kier alpha value is -3.65. The van der Waals surface area contributed by atoms with Gasteiger partial charge in [-0.3, -0.25) is 4.79 Å². The van der Waals surface area contributed by atoms with Gasteiger partial charge in [-0.25, -0.2) is 10.2 Å². The molecule has 33 heavy (non-hydrogen) atoms. The molecule has 0 unspecified atom stereocenters. The standard InChI is InChI=1S/C25H23BrN2O5/c1-3-31-21-12-8-19(9-13-21)25(30)33-22-14-5-17(15-23(22)32-4-2)16-27-28-24(29)18-6-10-20(26)11-7-18/h5-16H,3-4H2,1-2H3,(H,28,29). The van der Waals surface area contributed by atoms with Crippen molar-refractivity contribution in [2.45, 2.75) is 13.8 Å². The second kappa shape index (κ2) is 11.8. The van der Waals surface area contributed by atoms with Gasteiger partial charge in [-0.15, -0.1) is 0 Å². The Morgan fingerprint density at radius 1 is 0.879 bits per heavy atom. The van der Waals surface area contributed by atoms with E-state index >= 15 is 0 Å². The van der Waals surface area contributed by atoms with Crippen LogP contribution in [0.2, 0.25) is 0 Å². The molecule has 0 radical (unpaired) electrons. The summed E-state index contributed by atoms with van der Waals surface area (Å²) >= 11 is 3.33. The van der Waals surface area contributed by atoms with Crippen LogP contribution in [0.15, 0.2) is 76.3 Å². The lowest BCUT2D eigenvalue weighted by molar-refractivity contribution is 0.0728. The average molecular weight is 511 g/mol. The Balaban J connectivity index is 1.67. The van der Waals surface area contributed by atoms with Crippen LogP contribution < -0.4 is 19.6 Å². The van der Waals surface area contributed by atoms with Crippen LogP contribution in [-0.4, -0.2) is 31.3 Å². The third-order valence-electron chi connectivity index (χ3n) is 4.36. The van der Waals surface area contributed by atoms with Crippen molar-refractivity contribution in [3.8, 4) is 17.2 Å². The number of halogens is 1. The summed E-state index contributed by atoms with van der Waals surface area (Å²) in [6.07, 6.45) is 1.48. The molecule has 7 nitrogen and oxygen atoms in total. The van der Waals surface area contributed by atoms with Gasteiger partial charge in [-0.05, 0) is 86.1 Å². The highest BCUT2D eigenvalue weighted by molar-refractivity contribution is 9.10. The van der Waals surface area contributed by atoms with E-state index in [-0.39, 0.29) is 11.7 Å². The van der Waals surface area contributed by atoms with Gasteiger partial charge in [0.05, 0.1) is 25.0 Å². The lowest BCUT2D eigenvalue weighted by Gasteiger charge is -2.11. The van der Waals surface area contributed by atoms with Crippen LogP contribution in [0.25, 0.3) is 0 Å². The van der Waals surface area contributed by atoms with Gasteiger partial charge in [-0.1, -0.05) is 15.9 Å². The van der Waals surface area contributed by atoms with Gasteiger partial charge in [0.25, 0.3) is 5.91 Å². The van der Waals surface area contributed by atoms with Gasteiger partial charge in [0, 0.05) is 10.0 Å². The third-order valence-corrected chi connectivity index (χ3v) is 4.89. The molecular formula is C25H23BrN2O5. The fraction of sp³-hybridized carbons (Fsp3) is 0.160. The highest BCUT2D eigenvalue weighted by Crippen LogP contribution is 2.29. The third kappa shape index (κ3) is 6.92. The number of carbonyl (C=O) groups excluding carboxylic acids is 2. The lowest BCUT2D eigenvalue weighted by Crippen LogP contribution is -2.17. The van der Waals surface area contributed by atoms with Crippen LogP contribution >= 0.6 is 15.9 Å². The number of carbonyl (C=O) groups is 2. The maximum absolute atomic E-state index is 12.5. The molecule has 3 aromatic carbocycles. The van der Waals surface area contributed by atoms with Gasteiger partial charge in [0.2, 0.25) is 0 Å². The van der Waals surface area contributed by atoms with Crippen molar-refractivity contribution in [3.63, 3.8) is 0 Å². The number of amides is 1. The monoisotopic (exact) mass is 510 g/mol. The van der Waals surface area contributed by atoms with Crippen molar-refractivity contribution < 1.29 is 23.8 Å². The maximum atomic E-state index is 12.5. The van der Waals surface area contributed by atoms with Crippen LogP contribution in [0.4, 0.5) is 0 Å². The molecule has 8 heteroatoms. The van der Waals surface area contributed by atoms with Crippen molar-refractivity contribution in [1.29, 1.82) is 0 Å². The van der Waals surface area contributed by atoms with Crippen LogP contribution in [0.1, 0.15) is 40.1 Å². The first-order valence-corrected chi connectivity index (χ1v) is 11.1. The molecule has 3 aromatic rings. The molecular weight excluding hydrogens is 488 g/mol. The van der Waals surface area contributed by atoms with Crippen LogP contribution in [0.3, 0.4) is 0 Å². The van der Waals surface area contributed by atoms with Crippen molar-refractivity contribution in [2.24, 2.45) is 5.10 Å². The second-order valence-corrected chi connectivity index (χ2v) is 7.61. The minimum Gasteiger partial charge on any atom is -0.494 e. The van der Waals surface area contributed by atoms with E-state index in [9.17, 15) is 9.59 Å². The summed E-state index contributed by atoms with van der Waals surface area (Å²) in [6, 6.07) is 18.7. The Morgan fingerprint density at radius 2 is 1.55 bits per heavy atom. The molecule has 0 saturated heterocycles. The zero-order chi connectivity index (χ0) is 23.6. The maximum Gasteiger partial charge on any atom is 0.343 e. The summed E-state index contributed by atoms with van der Waals surface area (Å²) in [7, 11) is 0. The zero-order valence-electron chi connectivity index (χ0n) is 18.2. The molecule has 170 valence electrons. The fourth-order valence-corrected chi connectivity index (χ4v) is 3.07. The molecule has 0 saturated carbocycles. The number of hydrogen-bond acceptors (Lipinski definition) is 6. The first kappa shape index (κ1) is 24.0. The quantitative estimate of drug-likeness (QED) is 0.184. The first-order chi connectivity index (χ1) is 16.0. The number of esters is 1. The van der Waals surface area contributed by atoms with E-state index < -0.39 is 5.97 Å². The molecule has 0 atom stereocenters. The average Bonchev–Trinajstić information content (AvgIpc) is 2.82. The van der Waals surface area contributed by atoms with Crippen LogP contribution in [-0.2, 0) is 0 Å². The van der Waals surface area contributed by atoms with E-state index in [4.69, 9.17) is 14.2 Å². The van der Waals surface area contributed by atoms with E-state index in [2.05, 4.69) is 26.5 Å². The Kier molecular flexibility index (Phi) is 8.60. The summed E-state index contributed by atoms with van der Waals surface area (Å²) < 4.78 is 17.4. The Labute approximate surface area is 200 Å². The fourth-order valence-electron chi connectivity index (χ4n) is 2.80. The molecule has 0 aromatic heterocycles. The molecule has 1 amide bonds. The Morgan fingerprint density at radius 3 is 2.21 bits per heavy atom. The lowest BCUT2D eigenvalue weighted by atomic mass is 10.2. The number of nitrogens with zero attached hydrogens (tertiary/aromatic N) is 1. The number of benzene rings is 3. The van der Waals surface area contributed by atoms with Crippen molar-refractivity contribution >= 4 is 34.0 Å². The van der Waals surface area contributed by atoms with Crippen molar-refractivity contribution in [3.05, 3.63) is 87.9 Å². The molecule has 3 rings (SSSR count). The van der Waals surface area contributed by atoms with Gasteiger partial charge in [0.15, 0.2) is 11.5 Å². The summed E-state index contributed by atoms with van der Waals surface area (Å²) in [5.74, 6) is 0.513. The largest absolute Gasteiger partial charge is 0.494 e. The SMILES string of the molecule is CCOc1ccc(C(=O)Oc2ccc(C=NNC(=O)c3ccc(Br)cc3)cc2OCC)cc1. The predicted molar refractivity (Wildman–Crippen MR) is 129 cm³/mol. The molecule has 1 N–H and O–H groups in total. The summed E-state index contributed by atoms with van der Waals surface area (Å²) in [6.45, 7) is 4.65. The van der Waals surface area contributed by atoms with Crippen molar-refractivity contribution in [2.75, 3.05) is 13.2 Å². The zero-order valence-corrected chi connectivity index (χ0v) is 19.8. The first-order valence-electron chi connectivity index (χ1n) is 10.3. The molecule has 0 aliphatic carbocycles. The molecule has 0 fully saturated rings. The number of ether oxygens (including phenoxy) is 3. The smallest absolute Gasteiger partial charge is 0.343 e. The van der Waals surface area contributed by atoms with E-state index in [0.29, 0.717) is 41.4 Å². The van der Waals surface area contributed by atoms with Crippen molar-refractivity contribution in [1.82, 2.24) is 5.43 Å². The summed E-state index contributed by atoms with van der Waals surface area (Å²) in [5.41, 5.74) is 4.02. The second-order valence-electron chi connectivity index (χ2n) is 6.69. The van der Waals surface area contributed by atoms with E-state index in [0.717, 1.165) is 4.47 Å². The topological polar surface area (TPSA) is 86.2 Å². The van der Waals surface area contributed by atoms with Gasteiger partial charge >= 0.3 is 5.97 Å². The number of hydrogen-bond donors (Lipinski definition) is 1. The van der Waals surface area contributed by atoms with E-state index in [1.807, 2.05) is 13.8 Å². The minimum atomic E-state index is -0.512. The van der Waals surface area contributed by atoms with Gasteiger partial charge in [-0.2, -0.15) is 5.10 Å². The van der Waals surface area contributed by atoms with Crippen LogP contribution in [0.5, 0.6) is 17.2 Å². The van der Waals surface area contributed by atoms with Gasteiger partial charge in [0.1, 0.15) is 5.75 Å². The molecule has 0 aliphatic rings. The molecule has 0 aliphatic heterocycles. The summed E-state index contributed by atoms with van der Waals surface area (Å²) in [5, 5.41) is 3.99. The highest BCUT2D eigenvalue weighted by atomic mass is 79.9. The highest BCUT2D eigenvalue weighted by Gasteiger charge is 2.13. The summed E-state index contributed by atoms with van der Waals surface area (Å²) in [4.78, 5) is 24.7. The predicted octanol–water partition coefficient (Wildman–Crippen LogP) is 5.23.